The maximum absolute atomic E-state index is 10.1. The molecule has 18 heavy (non-hydrogen) atoms. The van der Waals surface area contributed by atoms with Crippen molar-refractivity contribution in [3.63, 3.8) is 0 Å². The molecular weight excluding hydrogens is 247 g/mol. The standard InChI is InChI=1S/C14H25O3P/c1-13(2)9-5-4-8-12-18(15,16,17)14-10-6-3-7-11-14/h3,6-7,10-11,13,15-17H,4-5,8-9,12H2,1-2H3. The van der Waals surface area contributed by atoms with Gasteiger partial charge in [0.2, 0.25) is 0 Å². The summed E-state index contributed by atoms with van der Waals surface area (Å²) >= 11 is 0. The molecule has 0 aromatic heterocycles. The van der Waals surface area contributed by atoms with E-state index in [2.05, 4.69) is 13.8 Å². The van der Waals surface area contributed by atoms with Crippen LogP contribution < -0.4 is 5.30 Å². The SMILES string of the molecule is CC(C)CCCCCP(O)(O)(O)c1ccccc1. The molecule has 1 aromatic rings. The van der Waals surface area contributed by atoms with Gasteiger partial charge in [-0.1, -0.05) is 0 Å². The summed E-state index contributed by atoms with van der Waals surface area (Å²) < 4.78 is 0. The number of unbranched alkanes of at least 4 members (excludes halogenated alkanes) is 2. The second kappa shape index (κ2) is 6.12. The maximum atomic E-state index is 10.1. The normalized spacial score (nSPS) is 14.4. The summed E-state index contributed by atoms with van der Waals surface area (Å²) in [5.74, 6) is 0.673. The summed E-state index contributed by atoms with van der Waals surface area (Å²) in [6.07, 6.45) is 3.84. The monoisotopic (exact) mass is 272 g/mol. The first kappa shape index (κ1) is 15.6. The molecule has 0 saturated carbocycles. The van der Waals surface area contributed by atoms with Crippen molar-refractivity contribution in [2.75, 3.05) is 6.16 Å². The van der Waals surface area contributed by atoms with Crippen molar-refractivity contribution in [2.24, 2.45) is 5.92 Å². The third kappa shape index (κ3) is 5.03. The average Bonchev–Trinajstić information content (AvgIpc) is 2.29. The van der Waals surface area contributed by atoms with E-state index in [4.69, 9.17) is 0 Å². The fraction of sp³-hybridized carbons (Fsp3) is 0.571. The van der Waals surface area contributed by atoms with Crippen LogP contribution in [0.15, 0.2) is 30.3 Å². The Labute approximate surface area is 110 Å². The summed E-state index contributed by atoms with van der Waals surface area (Å²) in [5.41, 5.74) is 0. The fourth-order valence-electron chi connectivity index (χ4n) is 1.99. The molecule has 1 rings (SSSR count). The van der Waals surface area contributed by atoms with Crippen LogP contribution in [0.2, 0.25) is 0 Å². The molecule has 0 amide bonds. The Morgan fingerprint density at radius 2 is 1.56 bits per heavy atom. The number of hydrogen-bond donors (Lipinski definition) is 3. The third-order valence-electron chi connectivity index (χ3n) is 3.14. The van der Waals surface area contributed by atoms with E-state index >= 15 is 0 Å². The Morgan fingerprint density at radius 3 is 2.11 bits per heavy atom. The van der Waals surface area contributed by atoms with E-state index < -0.39 is 7.28 Å². The minimum absolute atomic E-state index is 0.0632. The van der Waals surface area contributed by atoms with Gasteiger partial charge in [0.15, 0.2) is 0 Å². The molecule has 0 aliphatic rings. The molecule has 0 aliphatic carbocycles. The molecule has 1 aromatic carbocycles. The zero-order valence-corrected chi connectivity index (χ0v) is 12.2. The van der Waals surface area contributed by atoms with Crippen LogP contribution in [0, 0.1) is 5.92 Å². The summed E-state index contributed by atoms with van der Waals surface area (Å²) in [6, 6.07) is 8.35. The summed E-state index contributed by atoms with van der Waals surface area (Å²) in [7, 11) is -4.63. The molecular formula is C14H25O3P. The van der Waals surface area contributed by atoms with Gasteiger partial charge >= 0.3 is 109 Å². The molecule has 0 radical (unpaired) electrons. The molecule has 3 N–H and O–H groups in total. The van der Waals surface area contributed by atoms with Gasteiger partial charge in [-0.25, -0.2) is 0 Å². The van der Waals surface area contributed by atoms with Gasteiger partial charge in [-0.05, 0) is 0 Å². The van der Waals surface area contributed by atoms with Crippen LogP contribution in [0.25, 0.3) is 0 Å². The average molecular weight is 272 g/mol. The van der Waals surface area contributed by atoms with Crippen molar-refractivity contribution in [1.82, 2.24) is 0 Å². The summed E-state index contributed by atoms with van der Waals surface area (Å²) in [5, 5.41) is 0.257. The van der Waals surface area contributed by atoms with Crippen LogP contribution in [0.3, 0.4) is 0 Å². The number of rotatable bonds is 7. The quantitative estimate of drug-likeness (QED) is 0.528. The van der Waals surface area contributed by atoms with Crippen LogP contribution in [-0.4, -0.2) is 20.8 Å². The molecule has 3 nitrogen and oxygen atoms in total. The van der Waals surface area contributed by atoms with Gasteiger partial charge in [-0.15, -0.1) is 0 Å². The molecule has 0 saturated heterocycles. The first-order valence-corrected chi connectivity index (χ1v) is 8.89. The topological polar surface area (TPSA) is 60.7 Å². The molecule has 0 unspecified atom stereocenters. The van der Waals surface area contributed by atoms with E-state index in [1.54, 1.807) is 30.3 Å². The van der Waals surface area contributed by atoms with Crippen LogP contribution in [0.1, 0.15) is 39.5 Å². The predicted molar refractivity (Wildman–Crippen MR) is 77.8 cm³/mol. The summed E-state index contributed by atoms with van der Waals surface area (Å²) in [6.45, 7) is 4.35. The Hall–Kier alpha value is -0.470. The third-order valence-corrected chi connectivity index (χ3v) is 5.63. The van der Waals surface area contributed by atoms with Gasteiger partial charge in [0.1, 0.15) is 0 Å². The zero-order valence-electron chi connectivity index (χ0n) is 11.3. The molecule has 0 fully saturated rings. The van der Waals surface area contributed by atoms with Crippen molar-refractivity contribution in [3.05, 3.63) is 30.3 Å². The molecule has 0 bridgehead atoms. The van der Waals surface area contributed by atoms with E-state index in [9.17, 15) is 14.7 Å². The Bertz CT molecular complexity index is 354. The van der Waals surface area contributed by atoms with Crippen molar-refractivity contribution < 1.29 is 14.7 Å². The van der Waals surface area contributed by atoms with Gasteiger partial charge in [0, 0.05) is 0 Å². The van der Waals surface area contributed by atoms with Crippen LogP contribution in [0.4, 0.5) is 0 Å². The Balaban J connectivity index is 2.48. The van der Waals surface area contributed by atoms with E-state index in [-0.39, 0.29) is 11.5 Å². The molecule has 0 atom stereocenters. The second-order valence-electron chi connectivity index (χ2n) is 5.45. The minimum atomic E-state index is -4.63. The first-order chi connectivity index (χ1) is 8.30. The zero-order chi connectivity index (χ0) is 13.7. The van der Waals surface area contributed by atoms with Gasteiger partial charge < -0.3 is 0 Å². The van der Waals surface area contributed by atoms with Crippen LogP contribution in [0.5, 0.6) is 0 Å². The van der Waals surface area contributed by atoms with E-state index in [1.807, 2.05) is 0 Å². The van der Waals surface area contributed by atoms with E-state index in [0.717, 1.165) is 19.3 Å². The molecule has 0 spiro atoms. The molecule has 104 valence electrons. The van der Waals surface area contributed by atoms with Crippen molar-refractivity contribution in [3.8, 4) is 0 Å². The van der Waals surface area contributed by atoms with Gasteiger partial charge in [0.05, 0.1) is 0 Å². The van der Waals surface area contributed by atoms with Crippen molar-refractivity contribution >= 4 is 12.6 Å². The van der Waals surface area contributed by atoms with E-state index in [0.29, 0.717) is 12.3 Å². The molecule has 4 heteroatoms. The molecule has 0 heterocycles. The predicted octanol–water partition coefficient (Wildman–Crippen LogP) is 2.80. The second-order valence-corrected chi connectivity index (χ2v) is 8.72. The van der Waals surface area contributed by atoms with Crippen LogP contribution >= 0.6 is 7.28 Å². The Kier molecular flexibility index (Phi) is 5.30. The number of hydrogen-bond acceptors (Lipinski definition) is 3. The molecule has 0 aliphatic heterocycles. The Morgan fingerprint density at radius 1 is 0.944 bits per heavy atom. The van der Waals surface area contributed by atoms with Gasteiger partial charge in [0.25, 0.3) is 0 Å². The van der Waals surface area contributed by atoms with Gasteiger partial charge in [-0.3, -0.25) is 0 Å². The number of benzene rings is 1. The summed E-state index contributed by atoms with van der Waals surface area (Å²) in [4.78, 5) is 30.3. The van der Waals surface area contributed by atoms with Crippen LogP contribution in [-0.2, 0) is 0 Å². The van der Waals surface area contributed by atoms with Crippen molar-refractivity contribution in [2.45, 2.75) is 39.5 Å². The van der Waals surface area contributed by atoms with Crippen molar-refractivity contribution in [1.29, 1.82) is 0 Å². The fourth-order valence-corrected chi connectivity index (χ4v) is 3.84. The van der Waals surface area contributed by atoms with Gasteiger partial charge in [-0.2, -0.15) is 0 Å². The van der Waals surface area contributed by atoms with E-state index in [1.165, 1.54) is 0 Å². The first-order valence-electron chi connectivity index (χ1n) is 6.61.